The third-order valence-corrected chi connectivity index (χ3v) is 6.61. The van der Waals surface area contributed by atoms with Crippen molar-refractivity contribution < 1.29 is 19.1 Å². The highest BCUT2D eigenvalue weighted by molar-refractivity contribution is 5.91. The molecule has 2 aromatic heterocycles. The van der Waals surface area contributed by atoms with Crippen molar-refractivity contribution in [1.82, 2.24) is 20.3 Å². The Kier molecular flexibility index (Phi) is 8.61. The number of nitrogens with zero attached hydrogens (tertiary/aromatic N) is 1. The first-order chi connectivity index (χ1) is 18.0. The van der Waals surface area contributed by atoms with Gasteiger partial charge in [0.25, 0.3) is 0 Å². The smallest absolute Gasteiger partial charge is 0.305 e. The van der Waals surface area contributed by atoms with Crippen LogP contribution in [0.25, 0.3) is 22.2 Å². The molecule has 3 N–H and O–H groups in total. The highest BCUT2D eigenvalue weighted by Gasteiger charge is 2.20. The first kappa shape index (κ1) is 26.0. The minimum atomic E-state index is -0.275. The second kappa shape index (κ2) is 12.3. The van der Waals surface area contributed by atoms with E-state index in [1.54, 1.807) is 13.3 Å². The van der Waals surface area contributed by atoms with E-state index >= 15 is 0 Å². The van der Waals surface area contributed by atoms with Crippen molar-refractivity contribution in [2.24, 2.45) is 0 Å². The average molecular weight is 503 g/mol. The van der Waals surface area contributed by atoms with E-state index in [2.05, 4.69) is 20.3 Å². The number of methoxy groups -OCH3 is 2. The second-order valence-electron chi connectivity index (χ2n) is 9.16. The van der Waals surface area contributed by atoms with E-state index in [0.29, 0.717) is 12.8 Å². The maximum Gasteiger partial charge on any atom is 0.305 e. The fourth-order valence-electron chi connectivity index (χ4n) is 4.57. The van der Waals surface area contributed by atoms with Crippen LogP contribution in [0.3, 0.4) is 0 Å². The van der Waals surface area contributed by atoms with Gasteiger partial charge >= 0.3 is 5.97 Å². The van der Waals surface area contributed by atoms with Crippen molar-refractivity contribution in [2.45, 2.75) is 51.5 Å². The minimum absolute atomic E-state index is 0.0796. The summed E-state index contributed by atoms with van der Waals surface area (Å²) in [6.45, 7) is 1.98. The first-order valence-corrected chi connectivity index (χ1v) is 12.6. The van der Waals surface area contributed by atoms with Gasteiger partial charge in [-0.1, -0.05) is 43.2 Å². The molecule has 2 aromatic carbocycles. The molecule has 0 bridgehead atoms. The summed E-state index contributed by atoms with van der Waals surface area (Å²) in [5.41, 5.74) is 4.82. The van der Waals surface area contributed by atoms with Crippen molar-refractivity contribution in [3.63, 3.8) is 0 Å². The van der Waals surface area contributed by atoms with Gasteiger partial charge in [-0.2, -0.15) is 0 Å². The molecule has 8 heteroatoms. The topological polar surface area (TPSA) is 109 Å². The molecule has 1 atom stereocenters. The Morgan fingerprint density at radius 1 is 1.03 bits per heavy atom. The third-order valence-electron chi connectivity index (χ3n) is 6.61. The molecule has 194 valence electrons. The number of aryl methyl sites for hydroxylation is 1. The van der Waals surface area contributed by atoms with E-state index in [0.717, 1.165) is 64.3 Å². The Hall–Kier alpha value is -4.07. The highest BCUT2D eigenvalue weighted by Crippen LogP contribution is 2.28. The lowest BCUT2D eigenvalue weighted by molar-refractivity contribution is -0.140. The van der Waals surface area contributed by atoms with Gasteiger partial charge < -0.3 is 24.8 Å². The van der Waals surface area contributed by atoms with Gasteiger partial charge in [0.1, 0.15) is 11.6 Å². The SMILES string of the molecule is COC(=O)CCCCC[C@H](NC(=O)Cc1c(C)[nH]c2ccc(OC)cc12)c1ncc(-c2ccccc2)[nH]1. The molecule has 0 saturated carbocycles. The van der Waals surface area contributed by atoms with Crippen molar-refractivity contribution >= 4 is 22.8 Å². The minimum Gasteiger partial charge on any atom is -0.497 e. The van der Waals surface area contributed by atoms with Crippen LogP contribution in [-0.4, -0.2) is 41.0 Å². The van der Waals surface area contributed by atoms with Crippen LogP contribution in [0.15, 0.2) is 54.7 Å². The van der Waals surface area contributed by atoms with E-state index < -0.39 is 0 Å². The van der Waals surface area contributed by atoms with Gasteiger partial charge in [0.2, 0.25) is 5.91 Å². The molecule has 1 amide bonds. The number of unbranched alkanes of at least 4 members (excludes halogenated alkanes) is 2. The van der Waals surface area contributed by atoms with Crippen molar-refractivity contribution in [3.05, 3.63) is 71.8 Å². The summed E-state index contributed by atoms with van der Waals surface area (Å²) in [6.07, 6.45) is 5.59. The number of benzene rings is 2. The molecular weight excluding hydrogens is 468 g/mol. The van der Waals surface area contributed by atoms with Crippen molar-refractivity contribution in [3.8, 4) is 17.0 Å². The Bertz CT molecular complexity index is 1340. The van der Waals surface area contributed by atoms with Crippen LogP contribution in [0.2, 0.25) is 0 Å². The lowest BCUT2D eigenvalue weighted by Crippen LogP contribution is -2.30. The number of hydrogen-bond donors (Lipinski definition) is 3. The average Bonchev–Trinajstić information content (AvgIpc) is 3.53. The molecule has 37 heavy (non-hydrogen) atoms. The van der Waals surface area contributed by atoms with Gasteiger partial charge in [0.05, 0.1) is 38.6 Å². The number of esters is 1. The predicted molar refractivity (Wildman–Crippen MR) is 143 cm³/mol. The number of hydrogen-bond acceptors (Lipinski definition) is 5. The molecule has 0 aliphatic carbocycles. The van der Waals surface area contributed by atoms with Gasteiger partial charge in [0, 0.05) is 23.0 Å². The zero-order chi connectivity index (χ0) is 26.2. The second-order valence-corrected chi connectivity index (χ2v) is 9.16. The van der Waals surface area contributed by atoms with Crippen LogP contribution in [0.1, 0.15) is 55.2 Å². The summed E-state index contributed by atoms with van der Waals surface area (Å²) in [7, 11) is 3.04. The Balaban J connectivity index is 1.48. The standard InChI is InChI=1S/C29H34N4O4/c1-19-22(23-16-21(36-2)14-15-24(23)31-19)17-27(34)32-25(12-8-5-9-13-28(35)37-3)29-30-18-26(33-29)20-10-6-4-7-11-20/h4,6-7,10-11,14-16,18,25,31H,5,8-9,12-13,17H2,1-3H3,(H,30,33)(H,32,34)/t25-/m0/s1. The number of carbonyl (C=O) groups excluding carboxylic acids is 2. The molecule has 0 aliphatic rings. The number of aromatic nitrogens is 3. The summed E-state index contributed by atoms with van der Waals surface area (Å²) in [5, 5.41) is 4.18. The molecule has 0 spiro atoms. The lowest BCUT2D eigenvalue weighted by Gasteiger charge is -2.17. The molecule has 4 aromatic rings. The molecule has 0 radical (unpaired) electrons. The largest absolute Gasteiger partial charge is 0.497 e. The van der Waals surface area contributed by atoms with Gasteiger partial charge in [-0.05, 0) is 49.1 Å². The number of imidazole rings is 1. The Morgan fingerprint density at radius 3 is 2.59 bits per heavy atom. The molecule has 0 saturated heterocycles. The van der Waals surface area contributed by atoms with Crippen LogP contribution < -0.4 is 10.1 Å². The molecular formula is C29H34N4O4. The summed E-state index contributed by atoms with van der Waals surface area (Å²) < 4.78 is 10.1. The predicted octanol–water partition coefficient (Wildman–Crippen LogP) is 5.40. The number of aromatic amines is 2. The van der Waals surface area contributed by atoms with E-state index in [4.69, 9.17) is 9.47 Å². The van der Waals surface area contributed by atoms with E-state index in [-0.39, 0.29) is 24.3 Å². The zero-order valence-corrected chi connectivity index (χ0v) is 21.6. The van der Waals surface area contributed by atoms with Crippen LogP contribution in [-0.2, 0) is 20.7 Å². The summed E-state index contributed by atoms with van der Waals surface area (Å²) >= 11 is 0. The quantitative estimate of drug-likeness (QED) is 0.178. The van der Waals surface area contributed by atoms with E-state index in [9.17, 15) is 9.59 Å². The summed E-state index contributed by atoms with van der Waals surface area (Å²) in [6, 6.07) is 15.5. The maximum absolute atomic E-state index is 13.3. The van der Waals surface area contributed by atoms with Crippen molar-refractivity contribution in [2.75, 3.05) is 14.2 Å². The van der Waals surface area contributed by atoms with E-state index in [1.807, 2.05) is 55.5 Å². The van der Waals surface area contributed by atoms with Gasteiger partial charge in [-0.15, -0.1) is 0 Å². The van der Waals surface area contributed by atoms with Crippen molar-refractivity contribution in [1.29, 1.82) is 0 Å². The molecule has 0 unspecified atom stereocenters. The number of carbonyl (C=O) groups is 2. The van der Waals surface area contributed by atoms with E-state index in [1.165, 1.54) is 7.11 Å². The summed E-state index contributed by atoms with van der Waals surface area (Å²) in [5.74, 6) is 1.19. The number of H-pyrrole nitrogens is 2. The molecule has 4 rings (SSSR count). The van der Waals surface area contributed by atoms with Crippen LogP contribution in [0, 0.1) is 6.92 Å². The highest BCUT2D eigenvalue weighted by atomic mass is 16.5. The molecule has 2 heterocycles. The van der Waals surface area contributed by atoms with Crippen LogP contribution in [0.4, 0.5) is 0 Å². The van der Waals surface area contributed by atoms with Crippen LogP contribution >= 0.6 is 0 Å². The monoisotopic (exact) mass is 502 g/mol. The normalized spacial score (nSPS) is 11.9. The molecule has 0 fully saturated rings. The zero-order valence-electron chi connectivity index (χ0n) is 21.6. The van der Waals surface area contributed by atoms with Crippen LogP contribution in [0.5, 0.6) is 5.75 Å². The number of ether oxygens (including phenoxy) is 2. The first-order valence-electron chi connectivity index (χ1n) is 12.6. The Morgan fingerprint density at radius 2 is 1.84 bits per heavy atom. The fraction of sp³-hybridized carbons (Fsp3) is 0.345. The van der Waals surface area contributed by atoms with Gasteiger partial charge in [-0.25, -0.2) is 4.98 Å². The van der Waals surface area contributed by atoms with Gasteiger partial charge in [0.15, 0.2) is 0 Å². The number of nitrogens with one attached hydrogen (secondary N) is 3. The Labute approximate surface area is 216 Å². The molecule has 0 aliphatic heterocycles. The number of amides is 1. The fourth-order valence-corrected chi connectivity index (χ4v) is 4.57. The van der Waals surface area contributed by atoms with Gasteiger partial charge in [-0.3, -0.25) is 9.59 Å². The third kappa shape index (κ3) is 6.58. The number of fused-ring (bicyclic) bond motifs is 1. The number of rotatable bonds is 12. The maximum atomic E-state index is 13.3. The lowest BCUT2D eigenvalue weighted by atomic mass is 10.0. The summed E-state index contributed by atoms with van der Waals surface area (Å²) in [4.78, 5) is 36.1. The molecule has 8 nitrogen and oxygen atoms in total.